The standard InChI is InChI=1S/C15H15N3O4S/c16-7-3-8-18-23(20,21)14-6-1-4-12(10-14)15(19)17-11-13-5-2-9-22-13/h1-2,4-6,9-10,18H,3,8,11H2,(H,17,19). The molecule has 0 bridgehead atoms. The molecule has 8 heteroatoms. The van der Waals surface area contributed by atoms with Crippen molar-refractivity contribution in [2.45, 2.75) is 17.9 Å². The highest BCUT2D eigenvalue weighted by molar-refractivity contribution is 7.89. The van der Waals surface area contributed by atoms with Gasteiger partial charge in [0, 0.05) is 18.5 Å². The average Bonchev–Trinajstić information content (AvgIpc) is 3.06. The maximum Gasteiger partial charge on any atom is 0.251 e. The largest absolute Gasteiger partial charge is 0.467 e. The number of nitrogens with one attached hydrogen (secondary N) is 2. The summed E-state index contributed by atoms with van der Waals surface area (Å²) in [4.78, 5) is 12.0. The van der Waals surface area contributed by atoms with Crippen molar-refractivity contribution >= 4 is 15.9 Å². The molecule has 0 fully saturated rings. The molecule has 2 rings (SSSR count). The van der Waals surface area contributed by atoms with Gasteiger partial charge in [-0.2, -0.15) is 5.26 Å². The molecular weight excluding hydrogens is 318 g/mol. The summed E-state index contributed by atoms with van der Waals surface area (Å²) >= 11 is 0. The molecule has 2 aromatic rings. The zero-order chi connectivity index (χ0) is 16.7. The number of rotatable bonds is 7. The molecule has 1 aromatic carbocycles. The number of furan rings is 1. The van der Waals surface area contributed by atoms with Crippen LogP contribution in [0.3, 0.4) is 0 Å². The summed E-state index contributed by atoms with van der Waals surface area (Å²) in [7, 11) is -3.75. The van der Waals surface area contributed by atoms with Crippen LogP contribution in [0.2, 0.25) is 0 Å². The predicted molar refractivity (Wildman–Crippen MR) is 81.7 cm³/mol. The van der Waals surface area contributed by atoms with Gasteiger partial charge in [0.1, 0.15) is 5.76 Å². The highest BCUT2D eigenvalue weighted by atomic mass is 32.2. The van der Waals surface area contributed by atoms with Gasteiger partial charge in [-0.25, -0.2) is 13.1 Å². The van der Waals surface area contributed by atoms with E-state index in [0.717, 1.165) is 0 Å². The van der Waals surface area contributed by atoms with Gasteiger partial charge in [-0.05, 0) is 30.3 Å². The van der Waals surface area contributed by atoms with E-state index in [4.69, 9.17) is 9.68 Å². The van der Waals surface area contributed by atoms with E-state index >= 15 is 0 Å². The average molecular weight is 333 g/mol. The first-order valence-electron chi connectivity index (χ1n) is 6.80. The number of sulfonamides is 1. The number of nitrogens with zero attached hydrogens (tertiary/aromatic N) is 1. The van der Waals surface area contributed by atoms with Crippen LogP contribution in [0.4, 0.5) is 0 Å². The van der Waals surface area contributed by atoms with Crippen LogP contribution in [0.25, 0.3) is 0 Å². The molecule has 1 heterocycles. The van der Waals surface area contributed by atoms with E-state index in [2.05, 4.69) is 10.0 Å². The molecule has 0 spiro atoms. The Balaban J connectivity index is 2.06. The second-order valence-corrected chi connectivity index (χ2v) is 6.36. The van der Waals surface area contributed by atoms with Gasteiger partial charge >= 0.3 is 0 Å². The fraction of sp³-hybridized carbons (Fsp3) is 0.200. The molecule has 1 aromatic heterocycles. The molecule has 0 aliphatic rings. The van der Waals surface area contributed by atoms with Gasteiger partial charge in [0.25, 0.3) is 5.91 Å². The predicted octanol–water partition coefficient (Wildman–Crippen LogP) is 1.40. The molecule has 0 saturated carbocycles. The fourth-order valence-corrected chi connectivity index (χ4v) is 2.89. The molecule has 0 unspecified atom stereocenters. The van der Waals surface area contributed by atoms with Crippen LogP contribution in [-0.4, -0.2) is 20.9 Å². The number of hydrogen-bond acceptors (Lipinski definition) is 5. The number of nitriles is 1. The van der Waals surface area contributed by atoms with Gasteiger partial charge < -0.3 is 9.73 Å². The second kappa shape index (κ2) is 7.58. The van der Waals surface area contributed by atoms with Crippen molar-refractivity contribution in [1.29, 1.82) is 5.26 Å². The molecule has 0 aliphatic carbocycles. The van der Waals surface area contributed by atoms with E-state index in [1.54, 1.807) is 12.1 Å². The summed E-state index contributed by atoms with van der Waals surface area (Å²) in [5.74, 6) is 0.191. The van der Waals surface area contributed by atoms with Crippen LogP contribution in [0.5, 0.6) is 0 Å². The Labute approximate surface area is 134 Å². The zero-order valence-electron chi connectivity index (χ0n) is 12.2. The van der Waals surface area contributed by atoms with Crippen molar-refractivity contribution < 1.29 is 17.6 Å². The van der Waals surface area contributed by atoms with Crippen molar-refractivity contribution in [3.63, 3.8) is 0 Å². The second-order valence-electron chi connectivity index (χ2n) is 4.60. The Morgan fingerprint density at radius 1 is 1.26 bits per heavy atom. The van der Waals surface area contributed by atoms with Crippen LogP contribution in [0.15, 0.2) is 52.0 Å². The molecule has 0 aliphatic heterocycles. The first-order valence-corrected chi connectivity index (χ1v) is 8.28. The van der Waals surface area contributed by atoms with Crippen molar-refractivity contribution in [3.8, 4) is 6.07 Å². The quantitative estimate of drug-likeness (QED) is 0.744. The lowest BCUT2D eigenvalue weighted by Gasteiger charge is -2.07. The molecule has 0 radical (unpaired) electrons. The highest BCUT2D eigenvalue weighted by Crippen LogP contribution is 2.12. The van der Waals surface area contributed by atoms with Gasteiger partial charge in [0.05, 0.1) is 23.8 Å². The van der Waals surface area contributed by atoms with Crippen molar-refractivity contribution in [2.75, 3.05) is 6.54 Å². The van der Waals surface area contributed by atoms with E-state index in [1.807, 2.05) is 6.07 Å². The SMILES string of the molecule is N#CCCNS(=O)(=O)c1cccc(C(=O)NCc2ccco2)c1. The summed E-state index contributed by atoms with van der Waals surface area (Å²) in [5, 5.41) is 11.1. The van der Waals surface area contributed by atoms with Gasteiger partial charge in [-0.3, -0.25) is 4.79 Å². The molecule has 120 valence electrons. The molecule has 7 nitrogen and oxygen atoms in total. The topological polar surface area (TPSA) is 112 Å². The van der Waals surface area contributed by atoms with Crippen LogP contribution in [-0.2, 0) is 16.6 Å². The minimum Gasteiger partial charge on any atom is -0.467 e. The number of amides is 1. The molecule has 23 heavy (non-hydrogen) atoms. The van der Waals surface area contributed by atoms with Crippen LogP contribution in [0, 0.1) is 11.3 Å². The van der Waals surface area contributed by atoms with Crippen LogP contribution < -0.4 is 10.0 Å². The van der Waals surface area contributed by atoms with E-state index < -0.39 is 15.9 Å². The van der Waals surface area contributed by atoms with E-state index in [1.165, 1.54) is 30.5 Å². The normalized spacial score (nSPS) is 10.9. The first kappa shape index (κ1) is 16.7. The lowest BCUT2D eigenvalue weighted by atomic mass is 10.2. The lowest BCUT2D eigenvalue weighted by molar-refractivity contribution is 0.0948. The smallest absolute Gasteiger partial charge is 0.251 e. The van der Waals surface area contributed by atoms with Crippen molar-refractivity contribution in [2.24, 2.45) is 0 Å². The van der Waals surface area contributed by atoms with Crippen molar-refractivity contribution in [3.05, 3.63) is 54.0 Å². The number of carbonyl (C=O) groups is 1. The Morgan fingerprint density at radius 3 is 2.78 bits per heavy atom. The minimum absolute atomic E-state index is 0.0216. The van der Waals surface area contributed by atoms with Crippen LogP contribution >= 0.6 is 0 Å². The summed E-state index contributed by atoms with van der Waals surface area (Å²) in [6.45, 7) is 0.233. The Bertz CT molecular complexity index is 807. The summed E-state index contributed by atoms with van der Waals surface area (Å²) in [6, 6.07) is 11.0. The third kappa shape index (κ3) is 4.67. The Morgan fingerprint density at radius 2 is 2.09 bits per heavy atom. The van der Waals surface area contributed by atoms with E-state index in [0.29, 0.717) is 5.76 Å². The van der Waals surface area contributed by atoms with E-state index in [9.17, 15) is 13.2 Å². The van der Waals surface area contributed by atoms with Gasteiger partial charge in [-0.15, -0.1) is 0 Å². The minimum atomic E-state index is -3.75. The number of hydrogen-bond donors (Lipinski definition) is 2. The lowest BCUT2D eigenvalue weighted by Crippen LogP contribution is -2.26. The Hall–Kier alpha value is -2.63. The maximum absolute atomic E-state index is 12.1. The van der Waals surface area contributed by atoms with Gasteiger partial charge in [0.2, 0.25) is 10.0 Å². The molecular formula is C15H15N3O4S. The third-order valence-corrected chi connectivity index (χ3v) is 4.40. The van der Waals surface area contributed by atoms with E-state index in [-0.39, 0.29) is 30.0 Å². The Kier molecular flexibility index (Phi) is 5.51. The molecule has 2 N–H and O–H groups in total. The number of carbonyl (C=O) groups excluding carboxylic acids is 1. The fourth-order valence-electron chi connectivity index (χ4n) is 1.81. The molecule has 0 atom stereocenters. The third-order valence-electron chi connectivity index (χ3n) is 2.94. The van der Waals surface area contributed by atoms with Crippen molar-refractivity contribution in [1.82, 2.24) is 10.0 Å². The number of benzene rings is 1. The van der Waals surface area contributed by atoms with Gasteiger partial charge in [-0.1, -0.05) is 6.07 Å². The summed E-state index contributed by atoms with van der Waals surface area (Å²) in [5.41, 5.74) is 0.222. The van der Waals surface area contributed by atoms with Gasteiger partial charge in [0.15, 0.2) is 0 Å². The molecule has 0 saturated heterocycles. The summed E-state index contributed by atoms with van der Waals surface area (Å²) < 4.78 is 31.5. The monoisotopic (exact) mass is 333 g/mol. The zero-order valence-corrected chi connectivity index (χ0v) is 13.0. The maximum atomic E-state index is 12.1. The van der Waals surface area contributed by atoms with Crippen LogP contribution in [0.1, 0.15) is 22.5 Å². The summed E-state index contributed by atoms with van der Waals surface area (Å²) in [6.07, 6.45) is 1.57. The highest BCUT2D eigenvalue weighted by Gasteiger charge is 2.15. The first-order chi connectivity index (χ1) is 11.0. The molecule has 1 amide bonds.